The number of nitrogens with two attached hydrogens (primary N) is 3. The van der Waals surface area contributed by atoms with Crippen molar-refractivity contribution in [2.75, 3.05) is 5.73 Å². The number of pyridine rings is 1. The van der Waals surface area contributed by atoms with Crippen molar-refractivity contribution in [1.29, 1.82) is 0 Å². The minimum Gasteiger partial charge on any atom is -0.444 e. The maximum atomic E-state index is 10.0. The van der Waals surface area contributed by atoms with Gasteiger partial charge in [0, 0.05) is 35.2 Å². The molecule has 1 aromatic carbocycles. The largest absolute Gasteiger partial charge is 0.444 e. The maximum Gasteiger partial charge on any atom is 0.405 e. The standard InChI is InChI=1S/C7H6N2.C6H7N.2C5H11NO2/c1-4-9-7-2-3-8-5-6(1)7;7-6-4-2-1-3-5-6;2*1-5(2,3)8-4(6)7/h1-5,9H;1-5H,7H2;2*1-3H3,(H2,6,7). The van der Waals surface area contributed by atoms with Gasteiger partial charge >= 0.3 is 12.2 Å². The Hall–Kier alpha value is -3.75. The first-order chi connectivity index (χ1) is 14.7. The number of aromatic nitrogens is 2. The second-order valence-electron chi connectivity index (χ2n) is 8.42. The Kier molecular flexibility index (Phi) is 11.9. The fourth-order valence-electron chi connectivity index (χ4n) is 1.95. The van der Waals surface area contributed by atoms with Crippen LogP contribution in [0.1, 0.15) is 41.5 Å². The van der Waals surface area contributed by atoms with Crippen molar-refractivity contribution in [2.24, 2.45) is 11.5 Å². The molecule has 9 heteroatoms. The summed E-state index contributed by atoms with van der Waals surface area (Å²) in [6.45, 7) is 10.6. The number of carbonyl (C=O) groups excluding carboxylic acids is 2. The van der Waals surface area contributed by atoms with E-state index in [1.165, 1.54) is 0 Å². The zero-order valence-electron chi connectivity index (χ0n) is 19.6. The number of ether oxygens (including phenoxy) is 2. The van der Waals surface area contributed by atoms with Gasteiger partial charge in [0.25, 0.3) is 0 Å². The Morgan fingerprint density at radius 3 is 1.66 bits per heavy atom. The molecule has 3 aromatic rings. The first kappa shape index (κ1) is 28.2. The summed E-state index contributed by atoms with van der Waals surface area (Å²) in [5.41, 5.74) is 15.9. The zero-order valence-corrected chi connectivity index (χ0v) is 19.6. The number of benzene rings is 1. The molecular formula is C23H35N5O4. The molecule has 0 aliphatic heterocycles. The van der Waals surface area contributed by atoms with Crippen LogP contribution in [-0.4, -0.2) is 33.4 Å². The van der Waals surface area contributed by atoms with Crippen molar-refractivity contribution in [3.05, 3.63) is 61.1 Å². The Bertz CT molecular complexity index is 872. The van der Waals surface area contributed by atoms with Gasteiger partial charge in [-0.3, -0.25) is 4.98 Å². The van der Waals surface area contributed by atoms with Crippen molar-refractivity contribution in [3.8, 4) is 0 Å². The smallest absolute Gasteiger partial charge is 0.405 e. The van der Waals surface area contributed by atoms with Gasteiger partial charge in [-0.25, -0.2) is 9.59 Å². The van der Waals surface area contributed by atoms with Gasteiger partial charge in [-0.15, -0.1) is 0 Å². The minimum atomic E-state index is -0.725. The Morgan fingerprint density at radius 1 is 0.844 bits per heavy atom. The Labute approximate surface area is 189 Å². The summed E-state index contributed by atoms with van der Waals surface area (Å²) in [7, 11) is 0. The van der Waals surface area contributed by atoms with Crippen LogP contribution < -0.4 is 17.2 Å². The zero-order chi connectivity index (χ0) is 24.8. The number of primary amides is 2. The average molecular weight is 446 g/mol. The maximum absolute atomic E-state index is 10.0. The molecule has 0 spiro atoms. The molecule has 32 heavy (non-hydrogen) atoms. The normalized spacial score (nSPS) is 10.2. The molecule has 0 unspecified atom stereocenters. The molecule has 176 valence electrons. The quantitative estimate of drug-likeness (QED) is 0.370. The number of hydrogen-bond donors (Lipinski definition) is 4. The highest BCUT2D eigenvalue weighted by Crippen LogP contribution is 2.07. The SMILES string of the molecule is CC(C)(C)OC(N)=O.CC(C)(C)OC(N)=O.Nc1ccccc1.c1cc2[nH]ccc2cn1. The fraction of sp³-hybridized carbons (Fsp3) is 0.348. The van der Waals surface area contributed by atoms with Gasteiger partial charge in [-0.05, 0) is 65.8 Å². The molecule has 0 bridgehead atoms. The van der Waals surface area contributed by atoms with Crippen molar-refractivity contribution >= 4 is 28.8 Å². The summed E-state index contributed by atoms with van der Waals surface area (Å²) in [4.78, 5) is 27.1. The van der Waals surface area contributed by atoms with Crippen molar-refractivity contribution in [2.45, 2.75) is 52.7 Å². The summed E-state index contributed by atoms with van der Waals surface area (Å²) in [6.07, 6.45) is 4.08. The topological polar surface area (TPSA) is 159 Å². The number of nitrogens with one attached hydrogen (secondary N) is 1. The second-order valence-corrected chi connectivity index (χ2v) is 8.42. The third kappa shape index (κ3) is 17.1. The van der Waals surface area contributed by atoms with Crippen LogP contribution in [0.3, 0.4) is 0 Å². The van der Waals surface area contributed by atoms with Crippen molar-refractivity contribution < 1.29 is 19.1 Å². The van der Waals surface area contributed by atoms with Crippen LogP contribution in [0.5, 0.6) is 0 Å². The number of amides is 2. The van der Waals surface area contributed by atoms with E-state index in [0.29, 0.717) is 0 Å². The number of rotatable bonds is 0. The number of anilines is 1. The number of fused-ring (bicyclic) bond motifs is 1. The molecule has 0 atom stereocenters. The fourth-order valence-corrected chi connectivity index (χ4v) is 1.95. The number of nitrogen functional groups attached to an aromatic ring is 1. The van der Waals surface area contributed by atoms with E-state index in [-0.39, 0.29) is 0 Å². The number of para-hydroxylation sites is 1. The molecule has 2 amide bonds. The van der Waals surface area contributed by atoms with E-state index in [4.69, 9.17) is 17.2 Å². The third-order valence-electron chi connectivity index (χ3n) is 2.97. The molecule has 0 aliphatic rings. The highest BCUT2D eigenvalue weighted by molar-refractivity contribution is 5.77. The van der Waals surface area contributed by atoms with Gasteiger partial charge in [0.05, 0.1) is 0 Å². The molecule has 0 fully saturated rings. The predicted molar refractivity (Wildman–Crippen MR) is 128 cm³/mol. The number of nitrogens with zero attached hydrogens (tertiary/aromatic N) is 1. The summed E-state index contributed by atoms with van der Waals surface area (Å²) in [5, 5.41) is 1.16. The minimum absolute atomic E-state index is 0.453. The molecule has 3 rings (SSSR count). The van der Waals surface area contributed by atoms with Crippen molar-refractivity contribution in [3.63, 3.8) is 0 Å². The molecule has 7 N–H and O–H groups in total. The summed E-state index contributed by atoms with van der Waals surface area (Å²) in [5.74, 6) is 0. The lowest BCUT2D eigenvalue weighted by molar-refractivity contribution is 0.0588. The highest BCUT2D eigenvalue weighted by atomic mass is 16.6. The van der Waals surface area contributed by atoms with Gasteiger partial charge < -0.3 is 31.7 Å². The number of carbonyl (C=O) groups is 2. The number of aromatic amines is 1. The van der Waals surface area contributed by atoms with Crippen molar-refractivity contribution in [1.82, 2.24) is 9.97 Å². The van der Waals surface area contributed by atoms with E-state index < -0.39 is 23.4 Å². The van der Waals surface area contributed by atoms with Gasteiger partial charge in [0.15, 0.2) is 0 Å². The van der Waals surface area contributed by atoms with Crippen LogP contribution in [-0.2, 0) is 9.47 Å². The number of hydrogen-bond acceptors (Lipinski definition) is 6. The molecule has 2 aromatic heterocycles. The van der Waals surface area contributed by atoms with E-state index in [1.54, 1.807) is 47.7 Å². The van der Waals surface area contributed by atoms with Crippen LogP contribution in [0.25, 0.3) is 10.9 Å². The summed E-state index contributed by atoms with van der Waals surface area (Å²) >= 11 is 0. The van der Waals surface area contributed by atoms with E-state index in [1.807, 2.05) is 54.9 Å². The molecule has 0 aliphatic carbocycles. The molecule has 0 radical (unpaired) electrons. The van der Waals surface area contributed by atoms with Crippen LogP contribution in [0.2, 0.25) is 0 Å². The monoisotopic (exact) mass is 445 g/mol. The number of H-pyrrole nitrogens is 1. The molecule has 0 saturated carbocycles. The van der Waals surface area contributed by atoms with Crippen LogP contribution in [0.4, 0.5) is 15.3 Å². The van der Waals surface area contributed by atoms with E-state index in [0.717, 1.165) is 16.6 Å². The van der Waals surface area contributed by atoms with Crippen LogP contribution >= 0.6 is 0 Å². The Morgan fingerprint density at radius 2 is 1.34 bits per heavy atom. The first-order valence-electron chi connectivity index (χ1n) is 9.84. The molecular weight excluding hydrogens is 410 g/mol. The summed E-state index contributed by atoms with van der Waals surface area (Å²) in [6, 6.07) is 13.4. The summed E-state index contributed by atoms with van der Waals surface area (Å²) < 4.78 is 9.15. The first-order valence-corrected chi connectivity index (χ1v) is 9.84. The lowest BCUT2D eigenvalue weighted by atomic mass is 10.2. The lowest BCUT2D eigenvalue weighted by Crippen LogP contribution is -2.27. The van der Waals surface area contributed by atoms with E-state index in [9.17, 15) is 9.59 Å². The van der Waals surface area contributed by atoms with Gasteiger partial charge in [0.2, 0.25) is 0 Å². The third-order valence-corrected chi connectivity index (χ3v) is 2.97. The molecule has 9 nitrogen and oxygen atoms in total. The van der Waals surface area contributed by atoms with E-state index in [2.05, 4.69) is 19.4 Å². The van der Waals surface area contributed by atoms with Crippen LogP contribution in [0, 0.1) is 0 Å². The molecule has 2 heterocycles. The lowest BCUT2D eigenvalue weighted by Gasteiger charge is -2.16. The predicted octanol–water partition coefficient (Wildman–Crippen LogP) is 4.59. The second kappa shape index (κ2) is 13.5. The van der Waals surface area contributed by atoms with Gasteiger partial charge in [-0.2, -0.15) is 0 Å². The van der Waals surface area contributed by atoms with E-state index >= 15 is 0 Å². The average Bonchev–Trinajstić information content (AvgIpc) is 3.08. The Balaban J connectivity index is 0.000000402. The van der Waals surface area contributed by atoms with Crippen LogP contribution in [0.15, 0.2) is 61.1 Å². The highest BCUT2D eigenvalue weighted by Gasteiger charge is 2.13. The van der Waals surface area contributed by atoms with Gasteiger partial charge in [-0.1, -0.05) is 18.2 Å². The van der Waals surface area contributed by atoms with Gasteiger partial charge in [0.1, 0.15) is 11.2 Å². The molecule has 0 saturated heterocycles.